The first-order valence-electron chi connectivity index (χ1n) is 17.0. The molecule has 47 heavy (non-hydrogen) atoms. The Morgan fingerprint density at radius 1 is 0.468 bits per heavy atom. The lowest BCUT2D eigenvalue weighted by atomic mass is 9.63. The number of unbranched alkanes of at least 4 members (excludes halogenated alkanes) is 12. The van der Waals surface area contributed by atoms with Crippen molar-refractivity contribution >= 4 is 17.2 Å². The summed E-state index contributed by atoms with van der Waals surface area (Å²) < 4.78 is 0. The van der Waals surface area contributed by atoms with Crippen LogP contribution in [-0.4, -0.2) is 69.6 Å². The molecule has 272 valence electrons. The monoisotopic (exact) mass is 704 g/mol. The Kier molecular flexibility index (Phi) is 27.0. The first kappa shape index (κ1) is 45.9. The highest BCUT2D eigenvalue weighted by atomic mass is 31.2. The zero-order chi connectivity index (χ0) is 35.6. The summed E-state index contributed by atoms with van der Waals surface area (Å²) in [5.74, 6) is 0. The third-order valence-electron chi connectivity index (χ3n) is 8.59. The van der Waals surface area contributed by atoms with Gasteiger partial charge in [-0.2, -0.15) is 0 Å². The minimum Gasteiger partial charge on any atom is -0.395 e. The summed E-state index contributed by atoms with van der Waals surface area (Å²) in [6.07, 6.45) is 18.5. The predicted octanol–water partition coefficient (Wildman–Crippen LogP) is 5.85. The largest absolute Gasteiger partial charge is 0.395 e. The van der Waals surface area contributed by atoms with Gasteiger partial charge in [0.2, 0.25) is 0 Å². The summed E-state index contributed by atoms with van der Waals surface area (Å²) in [5, 5.41) is 44.5. The summed E-state index contributed by atoms with van der Waals surface area (Å²) >= 11 is 0. The normalized spacial score (nSPS) is 11.7. The Hall–Kier alpha value is -1.10. The molecule has 0 saturated heterocycles. The van der Waals surface area contributed by atoms with E-state index in [-0.39, 0.29) is 0 Å². The van der Waals surface area contributed by atoms with Crippen molar-refractivity contribution in [1.82, 2.24) is 0 Å². The Bertz CT molecular complexity index is 940. The van der Waals surface area contributed by atoms with Gasteiger partial charge in [0.15, 0.2) is 0 Å². The number of aliphatic hydroxyl groups excluding tert-OH is 3. The lowest BCUT2D eigenvalue weighted by molar-refractivity contribution is -0.136. The van der Waals surface area contributed by atoms with Gasteiger partial charge >= 0.3 is 17.2 Å². The van der Waals surface area contributed by atoms with Crippen LogP contribution in [0.25, 0.3) is 0 Å². The molecular weight excluding hydrogens is 642 g/mol. The van der Waals surface area contributed by atoms with Crippen LogP contribution in [0.1, 0.15) is 126 Å². The molecular formula is C35H62O10P2. The second-order valence-corrected chi connectivity index (χ2v) is 13.1. The quantitative estimate of drug-likeness (QED) is 0.0523. The van der Waals surface area contributed by atoms with Crippen LogP contribution in [0.4, 0.5) is 0 Å². The van der Waals surface area contributed by atoms with E-state index in [4.69, 9.17) is 29.4 Å². The summed E-state index contributed by atoms with van der Waals surface area (Å²) in [5.41, 5.74) is 0.124. The maximum Gasteiger partial charge on any atom is 0.324 e. The Labute approximate surface area is 284 Å². The van der Waals surface area contributed by atoms with Crippen molar-refractivity contribution in [2.45, 2.75) is 122 Å². The summed E-state index contributed by atoms with van der Waals surface area (Å²) in [6.45, 7) is 2.86. The fourth-order valence-corrected chi connectivity index (χ4v) is 5.94. The van der Waals surface area contributed by atoms with Crippen molar-refractivity contribution in [2.24, 2.45) is 5.41 Å². The molecule has 2 rings (SSSR count). The van der Waals surface area contributed by atoms with E-state index in [9.17, 15) is 20.4 Å². The third-order valence-corrected chi connectivity index (χ3v) is 8.59. The van der Waals surface area contributed by atoms with E-state index in [1.54, 1.807) is 0 Å². The molecule has 0 radical (unpaired) electrons. The van der Waals surface area contributed by atoms with Crippen LogP contribution in [0.15, 0.2) is 48.5 Å². The van der Waals surface area contributed by atoms with Gasteiger partial charge in [0.1, 0.15) is 5.60 Å². The van der Waals surface area contributed by atoms with Gasteiger partial charge in [-0.1, -0.05) is 139 Å². The van der Waals surface area contributed by atoms with Crippen LogP contribution in [-0.2, 0) is 18.4 Å². The first-order chi connectivity index (χ1) is 22.5. The minimum atomic E-state index is -2.62. The number of aryl methyl sites for hydroxylation is 2. The topological polar surface area (TPSA) is 202 Å². The fraction of sp³-hybridized carbons (Fsp3) is 0.657. The van der Waals surface area contributed by atoms with Crippen LogP contribution in [0.5, 0.6) is 0 Å². The highest BCUT2D eigenvalue weighted by molar-refractivity contribution is 7.38. The molecule has 0 aromatic heterocycles. The van der Waals surface area contributed by atoms with Gasteiger partial charge in [-0.3, -0.25) is 0 Å². The third kappa shape index (κ3) is 17.4. The Morgan fingerprint density at radius 2 is 0.745 bits per heavy atom. The van der Waals surface area contributed by atoms with Gasteiger partial charge in [0.05, 0.1) is 25.2 Å². The standard InChI is InChI=1S/C35H56O4.2H3O3P/c1-3-5-7-9-11-13-15-21-30-23-17-19-25-32(30)35(39,34(27-36,28-37)29-38)33-26-20-18-24-31(33)22-16-14-12-10-8-6-4-2;2*1-4(2)3/h17-20,23-26,36-39H,3-16,21-22,27-29H2,1-2H3;2*1-3H. The maximum atomic E-state index is 12.7. The Balaban J connectivity index is 0.00000236. The number of benzene rings is 2. The number of hydrogen-bond donors (Lipinski definition) is 10. The van der Waals surface area contributed by atoms with E-state index < -0.39 is 48.0 Å². The van der Waals surface area contributed by atoms with E-state index in [1.165, 1.54) is 64.2 Å². The molecule has 2 aromatic carbocycles. The van der Waals surface area contributed by atoms with E-state index in [2.05, 4.69) is 13.8 Å². The van der Waals surface area contributed by atoms with Gasteiger partial charge < -0.3 is 49.8 Å². The molecule has 10 nitrogen and oxygen atoms in total. The highest BCUT2D eigenvalue weighted by Gasteiger charge is 2.53. The summed E-state index contributed by atoms with van der Waals surface area (Å²) in [7, 11) is -5.24. The van der Waals surface area contributed by atoms with Gasteiger partial charge in [-0.25, -0.2) is 0 Å². The van der Waals surface area contributed by atoms with Gasteiger partial charge in [-0.05, 0) is 47.9 Å². The molecule has 0 amide bonds. The van der Waals surface area contributed by atoms with Crippen molar-refractivity contribution in [1.29, 1.82) is 0 Å². The molecule has 0 aliphatic rings. The second kappa shape index (κ2) is 27.7. The second-order valence-electron chi connectivity index (χ2n) is 12.1. The average molecular weight is 705 g/mol. The molecule has 12 heteroatoms. The molecule has 0 fully saturated rings. The average Bonchev–Trinajstić information content (AvgIpc) is 3.04. The minimum absolute atomic E-state index is 0.534. The van der Waals surface area contributed by atoms with Crippen molar-refractivity contribution in [3.8, 4) is 0 Å². The number of hydrogen-bond acceptors (Lipinski definition) is 10. The van der Waals surface area contributed by atoms with Crippen molar-refractivity contribution in [2.75, 3.05) is 19.8 Å². The van der Waals surface area contributed by atoms with Gasteiger partial charge in [-0.15, -0.1) is 0 Å². The van der Waals surface area contributed by atoms with E-state index >= 15 is 0 Å². The van der Waals surface area contributed by atoms with Crippen molar-refractivity contribution in [3.63, 3.8) is 0 Å². The fourth-order valence-electron chi connectivity index (χ4n) is 5.94. The van der Waals surface area contributed by atoms with Crippen LogP contribution in [0.2, 0.25) is 0 Å². The summed E-state index contributed by atoms with van der Waals surface area (Å²) in [6, 6.07) is 15.7. The molecule has 10 N–H and O–H groups in total. The van der Waals surface area contributed by atoms with Gasteiger partial charge in [0, 0.05) is 0 Å². The molecule has 0 saturated carbocycles. The zero-order valence-corrected chi connectivity index (χ0v) is 30.2. The lowest BCUT2D eigenvalue weighted by Crippen LogP contribution is -2.55. The molecule has 0 bridgehead atoms. The molecule has 0 atom stereocenters. The zero-order valence-electron chi connectivity index (χ0n) is 28.4. The van der Waals surface area contributed by atoms with E-state index in [0.29, 0.717) is 11.1 Å². The lowest BCUT2D eigenvalue weighted by Gasteiger charge is -2.46. The molecule has 0 spiro atoms. The smallest absolute Gasteiger partial charge is 0.324 e. The number of rotatable bonds is 22. The van der Waals surface area contributed by atoms with Crippen molar-refractivity contribution in [3.05, 3.63) is 70.8 Å². The molecule has 0 aliphatic heterocycles. The van der Waals surface area contributed by atoms with Gasteiger partial charge in [0.25, 0.3) is 0 Å². The molecule has 2 aromatic rings. The van der Waals surface area contributed by atoms with E-state index in [1.807, 2.05) is 48.5 Å². The molecule has 0 unspecified atom stereocenters. The number of aliphatic hydroxyl groups is 4. The maximum absolute atomic E-state index is 12.7. The van der Waals surface area contributed by atoms with Crippen molar-refractivity contribution < 1.29 is 49.8 Å². The van der Waals surface area contributed by atoms with E-state index in [0.717, 1.165) is 49.7 Å². The van der Waals surface area contributed by atoms with Crippen LogP contribution in [0, 0.1) is 5.41 Å². The SMILES string of the molecule is CCCCCCCCCc1ccccc1C(O)(c1ccccc1CCCCCCCCC)C(CO)(CO)CO.OP(O)O.OP(O)O. The summed E-state index contributed by atoms with van der Waals surface area (Å²) in [4.78, 5) is 43.4. The molecule has 0 heterocycles. The van der Waals surface area contributed by atoms with Crippen LogP contribution in [0.3, 0.4) is 0 Å². The molecule has 0 aliphatic carbocycles. The predicted molar refractivity (Wildman–Crippen MR) is 190 cm³/mol. The first-order valence-corrected chi connectivity index (χ1v) is 19.4. The Morgan fingerprint density at radius 3 is 1.04 bits per heavy atom. The highest BCUT2D eigenvalue weighted by Crippen LogP contribution is 2.47. The van der Waals surface area contributed by atoms with Crippen LogP contribution >= 0.6 is 17.2 Å². The van der Waals surface area contributed by atoms with Crippen LogP contribution < -0.4 is 0 Å².